The number of alkyl halides is 3. The van der Waals surface area contributed by atoms with Crippen LogP contribution in [0.15, 0.2) is 29.3 Å². The van der Waals surface area contributed by atoms with E-state index < -0.39 is 11.7 Å². The minimum absolute atomic E-state index is 0.0835. The summed E-state index contributed by atoms with van der Waals surface area (Å²) in [6, 6.07) is 4.21. The summed E-state index contributed by atoms with van der Waals surface area (Å²) in [6.45, 7) is 1.51. The van der Waals surface area contributed by atoms with E-state index in [0.717, 1.165) is 17.9 Å². The van der Waals surface area contributed by atoms with Gasteiger partial charge in [-0.05, 0) is 37.1 Å². The lowest BCUT2D eigenvalue weighted by Crippen LogP contribution is -2.43. The molecule has 140 valence electrons. The molecule has 2 heterocycles. The van der Waals surface area contributed by atoms with Crippen LogP contribution in [0.4, 0.5) is 13.2 Å². The van der Waals surface area contributed by atoms with E-state index in [-0.39, 0.29) is 23.3 Å². The van der Waals surface area contributed by atoms with Crippen molar-refractivity contribution in [3.05, 3.63) is 35.4 Å². The van der Waals surface area contributed by atoms with Crippen molar-refractivity contribution in [1.29, 1.82) is 0 Å². The zero-order valence-corrected chi connectivity index (χ0v) is 14.7. The summed E-state index contributed by atoms with van der Waals surface area (Å²) < 4.78 is 37.8. The molecule has 2 amide bonds. The minimum atomic E-state index is -4.42. The standard InChI is InChI=1S/C17H18F3N3O2S/c18-17(19,20)13-3-1-12(2-4-13)15(25)23-8-5-11(6-9-23)14(24)22-16-21-7-10-26-16/h1-4,11H,5-10H2,(H,21,22,24). The van der Waals surface area contributed by atoms with Gasteiger partial charge in [0.1, 0.15) is 0 Å². The topological polar surface area (TPSA) is 61.8 Å². The molecule has 0 spiro atoms. The Morgan fingerprint density at radius 2 is 1.81 bits per heavy atom. The highest BCUT2D eigenvalue weighted by Crippen LogP contribution is 2.29. The average Bonchev–Trinajstić information content (AvgIpc) is 3.13. The van der Waals surface area contributed by atoms with Gasteiger partial charge < -0.3 is 10.2 Å². The lowest BCUT2D eigenvalue weighted by Gasteiger charge is -2.31. The van der Waals surface area contributed by atoms with Gasteiger partial charge in [-0.15, -0.1) is 0 Å². The number of piperidine rings is 1. The fraction of sp³-hybridized carbons (Fsp3) is 0.471. The molecule has 5 nitrogen and oxygen atoms in total. The summed E-state index contributed by atoms with van der Waals surface area (Å²) in [7, 11) is 0. The van der Waals surface area contributed by atoms with Crippen LogP contribution in [0.3, 0.4) is 0 Å². The van der Waals surface area contributed by atoms with Gasteiger partial charge in [0.15, 0.2) is 5.17 Å². The molecule has 1 aromatic carbocycles. The summed E-state index contributed by atoms with van der Waals surface area (Å²) in [5.74, 6) is 0.291. The van der Waals surface area contributed by atoms with Gasteiger partial charge in [-0.1, -0.05) is 11.8 Å². The van der Waals surface area contributed by atoms with Crippen LogP contribution in [0.25, 0.3) is 0 Å². The second kappa shape index (κ2) is 7.69. The Balaban J connectivity index is 1.54. The van der Waals surface area contributed by atoms with Crippen LogP contribution in [0.5, 0.6) is 0 Å². The zero-order chi connectivity index (χ0) is 18.7. The Morgan fingerprint density at radius 3 is 2.35 bits per heavy atom. The van der Waals surface area contributed by atoms with E-state index in [2.05, 4.69) is 10.3 Å². The van der Waals surface area contributed by atoms with Gasteiger partial charge in [0.2, 0.25) is 5.91 Å². The number of hydrogen-bond donors (Lipinski definition) is 1. The molecule has 1 saturated heterocycles. The Kier molecular flexibility index (Phi) is 5.55. The lowest BCUT2D eigenvalue weighted by atomic mass is 9.95. The van der Waals surface area contributed by atoms with Gasteiger partial charge in [-0.25, -0.2) is 0 Å². The highest BCUT2D eigenvalue weighted by atomic mass is 32.2. The molecular weight excluding hydrogens is 367 g/mol. The van der Waals surface area contributed by atoms with E-state index in [4.69, 9.17) is 0 Å². The van der Waals surface area contributed by atoms with Crippen LogP contribution in [-0.4, -0.2) is 47.3 Å². The second-order valence-electron chi connectivity index (χ2n) is 6.17. The molecule has 0 radical (unpaired) electrons. The van der Waals surface area contributed by atoms with E-state index in [9.17, 15) is 22.8 Å². The molecule has 26 heavy (non-hydrogen) atoms. The smallest absolute Gasteiger partial charge is 0.339 e. The molecule has 2 aliphatic heterocycles. The third-order valence-electron chi connectivity index (χ3n) is 4.43. The predicted molar refractivity (Wildman–Crippen MR) is 93.0 cm³/mol. The number of benzene rings is 1. The number of nitrogens with zero attached hydrogens (tertiary/aromatic N) is 2. The maximum atomic E-state index is 12.6. The lowest BCUT2D eigenvalue weighted by molar-refractivity contribution is -0.137. The number of hydrogen-bond acceptors (Lipinski definition) is 4. The van der Waals surface area contributed by atoms with E-state index in [1.807, 2.05) is 0 Å². The van der Waals surface area contributed by atoms with E-state index in [1.165, 1.54) is 23.9 Å². The Bertz CT molecular complexity index is 711. The fourth-order valence-corrected chi connectivity index (χ4v) is 3.68. The van der Waals surface area contributed by atoms with E-state index >= 15 is 0 Å². The second-order valence-corrected chi connectivity index (χ2v) is 7.25. The number of rotatable bonds is 2. The van der Waals surface area contributed by atoms with Crippen molar-refractivity contribution in [1.82, 2.24) is 10.2 Å². The molecule has 9 heteroatoms. The normalized spacial score (nSPS) is 18.6. The molecule has 3 rings (SSSR count). The third-order valence-corrected chi connectivity index (χ3v) is 5.32. The maximum absolute atomic E-state index is 12.6. The van der Waals surface area contributed by atoms with Crippen LogP contribution in [-0.2, 0) is 11.0 Å². The first-order valence-electron chi connectivity index (χ1n) is 8.29. The first-order chi connectivity index (χ1) is 12.3. The van der Waals surface area contributed by atoms with Crippen molar-refractivity contribution in [3.63, 3.8) is 0 Å². The van der Waals surface area contributed by atoms with Gasteiger partial charge in [-0.3, -0.25) is 14.6 Å². The first kappa shape index (κ1) is 18.8. The number of carbonyl (C=O) groups excluding carboxylic acids is 2. The van der Waals surface area contributed by atoms with Crippen molar-refractivity contribution in [2.75, 3.05) is 25.4 Å². The SMILES string of the molecule is O=C(NC1=NCCS1)C1CCN(C(=O)c2ccc(C(F)(F)F)cc2)CC1. The summed E-state index contributed by atoms with van der Waals surface area (Å²) >= 11 is 1.51. The van der Waals surface area contributed by atoms with Crippen LogP contribution in [0, 0.1) is 5.92 Å². The van der Waals surface area contributed by atoms with E-state index in [1.54, 1.807) is 4.90 Å². The fourth-order valence-electron chi connectivity index (χ4n) is 2.95. The van der Waals surface area contributed by atoms with Crippen LogP contribution in [0.2, 0.25) is 0 Å². The Hall–Kier alpha value is -2.03. The molecule has 0 bridgehead atoms. The van der Waals surface area contributed by atoms with Crippen molar-refractivity contribution < 1.29 is 22.8 Å². The van der Waals surface area contributed by atoms with Gasteiger partial charge in [0.25, 0.3) is 5.91 Å². The van der Waals surface area contributed by atoms with Crippen LogP contribution in [0.1, 0.15) is 28.8 Å². The van der Waals surface area contributed by atoms with Crippen molar-refractivity contribution in [2.45, 2.75) is 19.0 Å². The molecule has 0 aliphatic carbocycles. The quantitative estimate of drug-likeness (QED) is 0.852. The number of nitrogens with one attached hydrogen (secondary N) is 1. The number of likely N-dealkylation sites (tertiary alicyclic amines) is 1. The summed E-state index contributed by atoms with van der Waals surface area (Å²) in [5.41, 5.74) is -0.560. The molecule has 0 aromatic heterocycles. The van der Waals surface area contributed by atoms with Gasteiger partial charge in [0.05, 0.1) is 12.1 Å². The summed E-state index contributed by atoms with van der Waals surface area (Å²) in [6.07, 6.45) is -3.37. The molecule has 1 fully saturated rings. The van der Waals surface area contributed by atoms with Crippen molar-refractivity contribution >= 4 is 28.7 Å². The highest BCUT2D eigenvalue weighted by molar-refractivity contribution is 8.14. The van der Waals surface area contributed by atoms with Crippen LogP contribution >= 0.6 is 11.8 Å². The maximum Gasteiger partial charge on any atom is 0.416 e. The van der Waals surface area contributed by atoms with Gasteiger partial charge in [-0.2, -0.15) is 13.2 Å². The molecule has 0 atom stereocenters. The number of amides is 2. The van der Waals surface area contributed by atoms with Gasteiger partial charge in [0, 0.05) is 30.3 Å². The molecule has 0 saturated carbocycles. The molecular formula is C17H18F3N3O2S. The number of amidine groups is 1. The summed E-state index contributed by atoms with van der Waals surface area (Å²) in [5, 5.41) is 3.46. The molecule has 0 unspecified atom stereocenters. The third kappa shape index (κ3) is 4.38. The molecule has 1 aromatic rings. The highest BCUT2D eigenvalue weighted by Gasteiger charge is 2.31. The number of thioether (sulfide) groups is 1. The number of carbonyl (C=O) groups is 2. The molecule has 1 N–H and O–H groups in total. The van der Waals surface area contributed by atoms with Crippen LogP contribution < -0.4 is 5.32 Å². The predicted octanol–water partition coefficient (Wildman–Crippen LogP) is 2.78. The van der Waals surface area contributed by atoms with E-state index in [0.29, 0.717) is 37.6 Å². The monoisotopic (exact) mass is 385 g/mol. The number of halogens is 3. The average molecular weight is 385 g/mol. The first-order valence-corrected chi connectivity index (χ1v) is 9.28. The zero-order valence-electron chi connectivity index (χ0n) is 13.9. The minimum Gasteiger partial charge on any atom is -0.339 e. The number of aliphatic imine (C=N–C) groups is 1. The Labute approximate surface area is 153 Å². The van der Waals surface area contributed by atoms with Gasteiger partial charge >= 0.3 is 6.18 Å². The summed E-state index contributed by atoms with van der Waals surface area (Å²) in [4.78, 5) is 30.4. The largest absolute Gasteiger partial charge is 0.416 e. The Morgan fingerprint density at radius 1 is 1.15 bits per heavy atom. The van der Waals surface area contributed by atoms with Crippen molar-refractivity contribution in [2.24, 2.45) is 10.9 Å². The molecule has 2 aliphatic rings. The van der Waals surface area contributed by atoms with Crippen molar-refractivity contribution in [3.8, 4) is 0 Å².